The van der Waals surface area contributed by atoms with Crippen molar-refractivity contribution in [3.63, 3.8) is 0 Å². The molecule has 0 atom stereocenters. The Balaban J connectivity index is 3.20. The average Bonchev–Trinajstić information content (AvgIpc) is 2.00. The fourth-order valence-corrected chi connectivity index (χ4v) is 0.835. The van der Waals surface area contributed by atoms with Gasteiger partial charge in [0.25, 0.3) is 0 Å². The van der Waals surface area contributed by atoms with Crippen LogP contribution < -0.4 is 5.32 Å². The lowest BCUT2D eigenvalue weighted by atomic mass is 10.3. The first-order valence-corrected chi connectivity index (χ1v) is 4.16. The SMILES string of the molecule is CN(C)CCCC(=O)NCC[O]. The highest BCUT2D eigenvalue weighted by Crippen LogP contribution is 1.89. The molecular weight excluding hydrogens is 156 g/mol. The van der Waals surface area contributed by atoms with Gasteiger partial charge in [0.2, 0.25) is 5.91 Å². The number of rotatable bonds is 6. The molecule has 1 N–H and O–H groups in total. The largest absolute Gasteiger partial charge is 0.354 e. The van der Waals surface area contributed by atoms with E-state index >= 15 is 0 Å². The summed E-state index contributed by atoms with van der Waals surface area (Å²) in [6.07, 6.45) is 1.36. The summed E-state index contributed by atoms with van der Waals surface area (Å²) in [5.41, 5.74) is 0. The maximum Gasteiger partial charge on any atom is 0.220 e. The van der Waals surface area contributed by atoms with Crippen LogP contribution in [0, 0.1) is 0 Å². The Morgan fingerprint density at radius 2 is 2.08 bits per heavy atom. The van der Waals surface area contributed by atoms with Crippen molar-refractivity contribution in [2.75, 3.05) is 33.8 Å². The van der Waals surface area contributed by atoms with Crippen molar-refractivity contribution in [1.29, 1.82) is 0 Å². The van der Waals surface area contributed by atoms with Crippen molar-refractivity contribution in [3.05, 3.63) is 0 Å². The predicted molar refractivity (Wildman–Crippen MR) is 46.4 cm³/mol. The van der Waals surface area contributed by atoms with Crippen LogP contribution in [0.3, 0.4) is 0 Å². The van der Waals surface area contributed by atoms with Gasteiger partial charge in [-0.25, -0.2) is 5.11 Å². The smallest absolute Gasteiger partial charge is 0.220 e. The Bertz CT molecular complexity index is 126. The molecule has 0 saturated carbocycles. The minimum Gasteiger partial charge on any atom is -0.354 e. The van der Waals surface area contributed by atoms with Crippen LogP contribution in [0.15, 0.2) is 0 Å². The van der Waals surface area contributed by atoms with Crippen LogP contribution in [0.2, 0.25) is 0 Å². The number of amides is 1. The third-order valence-electron chi connectivity index (χ3n) is 1.43. The second-order valence-electron chi connectivity index (χ2n) is 2.96. The second-order valence-corrected chi connectivity index (χ2v) is 2.96. The number of hydrogen-bond acceptors (Lipinski definition) is 2. The first-order chi connectivity index (χ1) is 5.66. The van der Waals surface area contributed by atoms with Gasteiger partial charge >= 0.3 is 0 Å². The van der Waals surface area contributed by atoms with Crippen molar-refractivity contribution in [1.82, 2.24) is 10.2 Å². The fraction of sp³-hybridized carbons (Fsp3) is 0.875. The molecule has 12 heavy (non-hydrogen) atoms. The molecular formula is C8H17N2O2. The summed E-state index contributed by atoms with van der Waals surface area (Å²) >= 11 is 0. The zero-order chi connectivity index (χ0) is 9.40. The zero-order valence-electron chi connectivity index (χ0n) is 7.80. The molecule has 1 radical (unpaired) electrons. The van der Waals surface area contributed by atoms with Crippen LogP contribution in [0.5, 0.6) is 0 Å². The van der Waals surface area contributed by atoms with E-state index in [2.05, 4.69) is 5.32 Å². The molecule has 0 unspecified atom stereocenters. The standard InChI is InChI=1S/C8H17N2O2/c1-10(2)6-3-4-8(12)9-5-7-11/h3-7H2,1-2H3,(H,9,12). The predicted octanol–water partition coefficient (Wildman–Crippen LogP) is -0.125. The molecule has 71 valence electrons. The van der Waals surface area contributed by atoms with Gasteiger partial charge in [-0.05, 0) is 27.1 Å². The van der Waals surface area contributed by atoms with Gasteiger partial charge < -0.3 is 10.2 Å². The monoisotopic (exact) mass is 173 g/mol. The van der Waals surface area contributed by atoms with E-state index in [1.165, 1.54) is 0 Å². The molecule has 0 aliphatic heterocycles. The normalized spacial score (nSPS) is 10.3. The Morgan fingerprint density at radius 3 is 2.58 bits per heavy atom. The molecule has 0 rings (SSSR count). The average molecular weight is 173 g/mol. The molecule has 0 aromatic heterocycles. The lowest BCUT2D eigenvalue weighted by Crippen LogP contribution is -2.26. The lowest BCUT2D eigenvalue weighted by Gasteiger charge is -2.08. The van der Waals surface area contributed by atoms with Gasteiger partial charge in [-0.1, -0.05) is 0 Å². The highest BCUT2D eigenvalue weighted by molar-refractivity contribution is 5.75. The molecule has 4 heteroatoms. The van der Waals surface area contributed by atoms with Gasteiger partial charge in [0.1, 0.15) is 0 Å². The molecule has 0 saturated heterocycles. The highest BCUT2D eigenvalue weighted by Gasteiger charge is 1.99. The summed E-state index contributed by atoms with van der Waals surface area (Å²) in [6.45, 7) is 0.922. The summed E-state index contributed by atoms with van der Waals surface area (Å²) in [6, 6.07) is 0. The van der Waals surface area contributed by atoms with Gasteiger partial charge in [0.15, 0.2) is 0 Å². The topological polar surface area (TPSA) is 52.2 Å². The summed E-state index contributed by atoms with van der Waals surface area (Å²) < 4.78 is 0. The van der Waals surface area contributed by atoms with E-state index in [1.54, 1.807) is 0 Å². The molecule has 0 bridgehead atoms. The van der Waals surface area contributed by atoms with Gasteiger partial charge in [-0.3, -0.25) is 4.79 Å². The maximum atomic E-state index is 10.9. The molecule has 0 aliphatic rings. The van der Waals surface area contributed by atoms with Crippen molar-refractivity contribution >= 4 is 5.91 Å². The number of hydrogen-bond donors (Lipinski definition) is 1. The van der Waals surface area contributed by atoms with Gasteiger partial charge in [0, 0.05) is 13.0 Å². The third kappa shape index (κ3) is 7.50. The second kappa shape index (κ2) is 7.06. The lowest BCUT2D eigenvalue weighted by molar-refractivity contribution is -0.121. The minimum atomic E-state index is -0.237. The molecule has 0 heterocycles. The molecule has 0 aromatic carbocycles. The van der Waals surface area contributed by atoms with E-state index in [0.29, 0.717) is 6.42 Å². The molecule has 4 nitrogen and oxygen atoms in total. The van der Waals surface area contributed by atoms with Crippen LogP contribution in [-0.4, -0.2) is 44.6 Å². The number of carbonyl (C=O) groups excluding carboxylic acids is 1. The van der Waals surface area contributed by atoms with Crippen LogP contribution in [0.4, 0.5) is 0 Å². The molecule has 0 fully saturated rings. The van der Waals surface area contributed by atoms with Crippen LogP contribution in [0.1, 0.15) is 12.8 Å². The number of nitrogens with one attached hydrogen (secondary N) is 1. The zero-order valence-corrected chi connectivity index (χ0v) is 7.80. The summed E-state index contributed by atoms with van der Waals surface area (Å²) in [5.74, 6) is -0.0206. The fourth-order valence-electron chi connectivity index (χ4n) is 0.835. The van der Waals surface area contributed by atoms with Gasteiger partial charge in [0.05, 0.1) is 6.61 Å². The quantitative estimate of drug-likeness (QED) is 0.608. The Kier molecular flexibility index (Phi) is 6.70. The van der Waals surface area contributed by atoms with E-state index in [-0.39, 0.29) is 19.1 Å². The summed E-state index contributed by atoms with van der Waals surface area (Å²) in [7, 11) is 3.94. The molecule has 1 amide bonds. The Labute approximate surface area is 73.6 Å². The number of carbonyl (C=O) groups is 1. The molecule has 0 aliphatic carbocycles. The van der Waals surface area contributed by atoms with Gasteiger partial charge in [-0.15, -0.1) is 0 Å². The van der Waals surface area contributed by atoms with Crippen LogP contribution in [0.25, 0.3) is 0 Å². The molecule has 0 spiro atoms. The third-order valence-corrected chi connectivity index (χ3v) is 1.43. The first kappa shape index (κ1) is 11.4. The molecule has 0 aromatic rings. The Morgan fingerprint density at radius 1 is 1.42 bits per heavy atom. The van der Waals surface area contributed by atoms with Crippen LogP contribution in [-0.2, 0) is 9.90 Å². The highest BCUT2D eigenvalue weighted by atomic mass is 16.3. The van der Waals surface area contributed by atoms with Gasteiger partial charge in [-0.2, -0.15) is 0 Å². The maximum absolute atomic E-state index is 10.9. The van der Waals surface area contributed by atoms with Crippen molar-refractivity contribution in [3.8, 4) is 0 Å². The minimum absolute atomic E-state index is 0.0206. The van der Waals surface area contributed by atoms with E-state index in [0.717, 1.165) is 13.0 Å². The van der Waals surface area contributed by atoms with E-state index < -0.39 is 0 Å². The van der Waals surface area contributed by atoms with E-state index in [9.17, 15) is 9.90 Å². The van der Waals surface area contributed by atoms with E-state index in [4.69, 9.17) is 0 Å². The first-order valence-electron chi connectivity index (χ1n) is 4.16. The Hall–Kier alpha value is -0.610. The van der Waals surface area contributed by atoms with E-state index in [1.807, 2.05) is 19.0 Å². The van der Waals surface area contributed by atoms with Crippen molar-refractivity contribution < 1.29 is 9.90 Å². The van der Waals surface area contributed by atoms with Crippen LogP contribution >= 0.6 is 0 Å². The van der Waals surface area contributed by atoms with Crippen molar-refractivity contribution in [2.24, 2.45) is 0 Å². The summed E-state index contributed by atoms with van der Waals surface area (Å²) in [4.78, 5) is 12.9. The summed E-state index contributed by atoms with van der Waals surface area (Å²) in [5, 5.41) is 12.5. The number of nitrogens with zero attached hydrogens (tertiary/aromatic N) is 1. The van der Waals surface area contributed by atoms with Crippen molar-refractivity contribution in [2.45, 2.75) is 12.8 Å².